The van der Waals surface area contributed by atoms with E-state index in [4.69, 9.17) is 0 Å². The Bertz CT molecular complexity index is 655. The van der Waals surface area contributed by atoms with Crippen LogP contribution in [0.1, 0.15) is 66.7 Å². The maximum Gasteiger partial charge on any atom is -0.00644 e. The molecular weight excluding hydrogens is 264 g/mol. The fraction of sp³-hybridized carbons (Fsp3) is 0.455. The van der Waals surface area contributed by atoms with Gasteiger partial charge in [-0.1, -0.05) is 61.9 Å². The number of benzene rings is 2. The van der Waals surface area contributed by atoms with Crippen molar-refractivity contribution in [2.45, 2.75) is 57.3 Å². The Balaban J connectivity index is 1.81. The molecule has 0 N–H and O–H groups in total. The minimum Gasteiger partial charge on any atom is -0.0620 e. The monoisotopic (exact) mass is 290 g/mol. The zero-order chi connectivity index (χ0) is 14.9. The van der Waals surface area contributed by atoms with Gasteiger partial charge in [-0.05, 0) is 72.1 Å². The topological polar surface area (TPSA) is 0 Å². The van der Waals surface area contributed by atoms with Gasteiger partial charge < -0.3 is 0 Å². The lowest BCUT2D eigenvalue weighted by atomic mass is 9.67. The van der Waals surface area contributed by atoms with Gasteiger partial charge in [0.2, 0.25) is 0 Å². The van der Waals surface area contributed by atoms with E-state index in [-0.39, 0.29) is 0 Å². The molecule has 0 aromatic heterocycles. The zero-order valence-electron chi connectivity index (χ0n) is 13.6. The van der Waals surface area contributed by atoms with Crippen molar-refractivity contribution >= 4 is 0 Å². The standard InChI is InChI=1S/C22H26/c1-16-14-15-18-10-3-6-12-20(18)22(16)21-13-7-4-9-17-8-2-5-11-19(17)21/h2-3,5-6,8,10-12,16,21-22H,4,7,9,13-15H2,1H3. The lowest BCUT2D eigenvalue weighted by molar-refractivity contribution is 0.337. The summed E-state index contributed by atoms with van der Waals surface area (Å²) in [5.41, 5.74) is 6.50. The maximum absolute atomic E-state index is 2.48. The van der Waals surface area contributed by atoms with Crippen molar-refractivity contribution in [1.29, 1.82) is 0 Å². The van der Waals surface area contributed by atoms with Crippen LogP contribution in [0.2, 0.25) is 0 Å². The van der Waals surface area contributed by atoms with Gasteiger partial charge >= 0.3 is 0 Å². The van der Waals surface area contributed by atoms with Gasteiger partial charge in [0.25, 0.3) is 0 Å². The molecule has 0 amide bonds. The third kappa shape index (κ3) is 2.39. The van der Waals surface area contributed by atoms with Gasteiger partial charge in [0.05, 0.1) is 0 Å². The molecule has 2 aromatic rings. The highest BCUT2D eigenvalue weighted by Crippen LogP contribution is 2.48. The molecule has 2 aliphatic carbocycles. The minimum atomic E-state index is 0.712. The molecule has 0 radical (unpaired) electrons. The first kappa shape index (κ1) is 14.1. The first-order valence-electron chi connectivity index (χ1n) is 9.00. The van der Waals surface area contributed by atoms with Crippen molar-refractivity contribution in [2.24, 2.45) is 5.92 Å². The molecule has 0 saturated heterocycles. The summed E-state index contributed by atoms with van der Waals surface area (Å²) in [6.07, 6.45) is 7.99. The van der Waals surface area contributed by atoms with Crippen LogP contribution in [0.3, 0.4) is 0 Å². The lowest BCUT2D eigenvalue weighted by Gasteiger charge is -2.38. The molecule has 0 nitrogen and oxygen atoms in total. The van der Waals surface area contributed by atoms with Gasteiger partial charge in [-0.3, -0.25) is 0 Å². The molecule has 4 rings (SSSR count). The molecule has 0 aliphatic heterocycles. The van der Waals surface area contributed by atoms with E-state index >= 15 is 0 Å². The lowest BCUT2D eigenvalue weighted by Crippen LogP contribution is -2.24. The van der Waals surface area contributed by atoms with Crippen LogP contribution in [0.25, 0.3) is 0 Å². The Hall–Kier alpha value is -1.56. The summed E-state index contributed by atoms with van der Waals surface area (Å²) in [7, 11) is 0. The third-order valence-electron chi connectivity index (χ3n) is 6.00. The molecular formula is C22H26. The van der Waals surface area contributed by atoms with E-state index in [0.717, 1.165) is 11.8 Å². The summed E-state index contributed by atoms with van der Waals surface area (Å²) in [5, 5.41) is 0. The van der Waals surface area contributed by atoms with Crippen LogP contribution in [-0.2, 0) is 12.8 Å². The van der Waals surface area contributed by atoms with Crippen LogP contribution < -0.4 is 0 Å². The molecule has 3 atom stereocenters. The van der Waals surface area contributed by atoms with Crippen molar-refractivity contribution in [3.63, 3.8) is 0 Å². The molecule has 0 fully saturated rings. The smallest absolute Gasteiger partial charge is 0.00644 e. The van der Waals surface area contributed by atoms with Crippen molar-refractivity contribution < 1.29 is 0 Å². The SMILES string of the molecule is CC1CCc2ccccc2C1C1CCCCc2ccccc21. The van der Waals surface area contributed by atoms with Gasteiger partial charge in [0.15, 0.2) is 0 Å². The Morgan fingerprint density at radius 3 is 2.23 bits per heavy atom. The largest absolute Gasteiger partial charge is 0.0620 e. The fourth-order valence-electron chi connectivity index (χ4n) is 4.90. The molecule has 114 valence electrons. The summed E-state index contributed by atoms with van der Waals surface area (Å²) in [5.74, 6) is 2.23. The quantitative estimate of drug-likeness (QED) is 0.577. The van der Waals surface area contributed by atoms with E-state index in [1.165, 1.54) is 38.5 Å². The number of hydrogen-bond donors (Lipinski definition) is 0. The van der Waals surface area contributed by atoms with Crippen LogP contribution in [0, 0.1) is 5.92 Å². The second-order valence-corrected chi connectivity index (χ2v) is 7.29. The zero-order valence-corrected chi connectivity index (χ0v) is 13.6. The maximum atomic E-state index is 2.48. The Kier molecular flexibility index (Phi) is 3.78. The molecule has 0 spiro atoms. The van der Waals surface area contributed by atoms with Gasteiger partial charge in [-0.2, -0.15) is 0 Å². The van der Waals surface area contributed by atoms with Crippen molar-refractivity contribution in [1.82, 2.24) is 0 Å². The van der Waals surface area contributed by atoms with E-state index in [1.807, 2.05) is 0 Å². The highest BCUT2D eigenvalue weighted by Gasteiger charge is 2.34. The number of hydrogen-bond acceptors (Lipinski definition) is 0. The molecule has 0 bridgehead atoms. The van der Waals surface area contributed by atoms with Gasteiger partial charge in [0.1, 0.15) is 0 Å². The molecule has 22 heavy (non-hydrogen) atoms. The van der Waals surface area contributed by atoms with E-state index in [2.05, 4.69) is 55.5 Å². The molecule has 0 heteroatoms. The Morgan fingerprint density at radius 1 is 0.727 bits per heavy atom. The van der Waals surface area contributed by atoms with Crippen LogP contribution in [-0.4, -0.2) is 0 Å². The summed E-state index contributed by atoms with van der Waals surface area (Å²) in [4.78, 5) is 0. The van der Waals surface area contributed by atoms with Gasteiger partial charge in [-0.15, -0.1) is 0 Å². The summed E-state index contributed by atoms with van der Waals surface area (Å²) >= 11 is 0. The second-order valence-electron chi connectivity index (χ2n) is 7.29. The fourth-order valence-corrected chi connectivity index (χ4v) is 4.90. The first-order chi connectivity index (χ1) is 10.8. The predicted octanol–water partition coefficient (Wildman–Crippen LogP) is 5.86. The van der Waals surface area contributed by atoms with Gasteiger partial charge in [0, 0.05) is 0 Å². The molecule has 2 aromatic carbocycles. The van der Waals surface area contributed by atoms with Crippen LogP contribution in [0.15, 0.2) is 48.5 Å². The highest BCUT2D eigenvalue weighted by atomic mass is 14.4. The minimum absolute atomic E-state index is 0.712. The van der Waals surface area contributed by atoms with Crippen LogP contribution in [0.4, 0.5) is 0 Å². The molecule has 0 heterocycles. The summed E-state index contributed by atoms with van der Waals surface area (Å²) < 4.78 is 0. The molecule has 0 saturated carbocycles. The van der Waals surface area contributed by atoms with Crippen molar-refractivity contribution in [3.8, 4) is 0 Å². The summed E-state index contributed by atoms with van der Waals surface area (Å²) in [6, 6.07) is 18.5. The third-order valence-corrected chi connectivity index (χ3v) is 6.00. The first-order valence-corrected chi connectivity index (χ1v) is 9.00. The van der Waals surface area contributed by atoms with Crippen LogP contribution >= 0.6 is 0 Å². The molecule has 2 aliphatic rings. The second kappa shape index (κ2) is 5.91. The van der Waals surface area contributed by atoms with Crippen molar-refractivity contribution in [2.75, 3.05) is 0 Å². The normalized spacial score (nSPS) is 27.6. The number of aryl methyl sites for hydroxylation is 2. The average molecular weight is 290 g/mol. The average Bonchev–Trinajstić information content (AvgIpc) is 2.77. The van der Waals surface area contributed by atoms with Crippen molar-refractivity contribution in [3.05, 3.63) is 70.8 Å². The van der Waals surface area contributed by atoms with Crippen LogP contribution in [0.5, 0.6) is 0 Å². The Labute approximate surface area is 134 Å². The van der Waals surface area contributed by atoms with E-state index < -0.39 is 0 Å². The Morgan fingerprint density at radius 2 is 1.41 bits per heavy atom. The number of fused-ring (bicyclic) bond motifs is 2. The number of rotatable bonds is 1. The predicted molar refractivity (Wildman–Crippen MR) is 93.4 cm³/mol. The van der Waals surface area contributed by atoms with Gasteiger partial charge in [-0.25, -0.2) is 0 Å². The highest BCUT2D eigenvalue weighted by molar-refractivity contribution is 5.40. The van der Waals surface area contributed by atoms with E-state index in [9.17, 15) is 0 Å². The molecule has 3 unspecified atom stereocenters. The summed E-state index contributed by atoms with van der Waals surface area (Å²) in [6.45, 7) is 2.48. The van der Waals surface area contributed by atoms with E-state index in [1.54, 1.807) is 22.3 Å². The van der Waals surface area contributed by atoms with E-state index in [0.29, 0.717) is 5.92 Å².